The fraction of sp³-hybridized carbons (Fsp3) is 0.522. The number of hydrogen-bond donors (Lipinski definition) is 1. The standard InChI is InChI=1S/C23H27N3O4/c1-23(19-12-16-7-4-5-9-18(16)30-19)21(28)26(22(29)24-23)14-20(27)25-11-10-15-6-2-3-8-17(15)13-25/h4-5,7,9,12,15,17H,2-3,6,8,10-11,13-14H2,1H3,(H,24,29)/t15-,17+,23-/m1/s1. The maximum absolute atomic E-state index is 13.2. The molecule has 7 heteroatoms. The van der Waals surface area contributed by atoms with Gasteiger partial charge in [-0.15, -0.1) is 0 Å². The van der Waals surface area contributed by atoms with Crippen molar-refractivity contribution in [2.24, 2.45) is 11.8 Å². The largest absolute Gasteiger partial charge is 0.458 e. The van der Waals surface area contributed by atoms with Gasteiger partial charge in [0.2, 0.25) is 5.91 Å². The van der Waals surface area contributed by atoms with E-state index in [2.05, 4.69) is 5.32 Å². The van der Waals surface area contributed by atoms with E-state index in [9.17, 15) is 14.4 Å². The summed E-state index contributed by atoms with van der Waals surface area (Å²) >= 11 is 0. The molecule has 7 nitrogen and oxygen atoms in total. The highest BCUT2D eigenvalue weighted by Gasteiger charge is 2.52. The third-order valence-electron chi connectivity index (χ3n) is 7.13. The lowest BCUT2D eigenvalue weighted by atomic mass is 9.75. The molecule has 3 aliphatic rings. The van der Waals surface area contributed by atoms with E-state index < -0.39 is 17.5 Å². The molecule has 1 aromatic heterocycles. The van der Waals surface area contributed by atoms with Crippen molar-refractivity contribution in [2.75, 3.05) is 19.6 Å². The van der Waals surface area contributed by atoms with Crippen molar-refractivity contribution in [3.8, 4) is 0 Å². The molecule has 30 heavy (non-hydrogen) atoms. The van der Waals surface area contributed by atoms with Gasteiger partial charge in [0.1, 0.15) is 17.9 Å². The summed E-state index contributed by atoms with van der Waals surface area (Å²) < 4.78 is 5.84. The molecular weight excluding hydrogens is 382 g/mol. The molecule has 1 N–H and O–H groups in total. The molecule has 1 aromatic carbocycles. The third kappa shape index (κ3) is 3.07. The molecule has 158 valence electrons. The highest BCUT2D eigenvalue weighted by atomic mass is 16.3. The smallest absolute Gasteiger partial charge is 0.325 e. The number of imide groups is 1. The number of piperidine rings is 1. The summed E-state index contributed by atoms with van der Waals surface area (Å²) in [5.41, 5.74) is -0.659. The number of rotatable bonds is 3. The number of likely N-dealkylation sites (tertiary alicyclic amines) is 1. The van der Waals surface area contributed by atoms with E-state index in [1.165, 1.54) is 25.7 Å². The van der Waals surface area contributed by atoms with E-state index in [0.717, 1.165) is 29.2 Å². The zero-order valence-electron chi connectivity index (χ0n) is 17.2. The number of benzene rings is 1. The van der Waals surface area contributed by atoms with Gasteiger partial charge < -0.3 is 14.6 Å². The van der Waals surface area contributed by atoms with Crippen LogP contribution in [-0.4, -0.2) is 47.3 Å². The van der Waals surface area contributed by atoms with Gasteiger partial charge in [-0.2, -0.15) is 0 Å². The van der Waals surface area contributed by atoms with Gasteiger partial charge in [-0.3, -0.25) is 14.5 Å². The van der Waals surface area contributed by atoms with Crippen molar-refractivity contribution in [1.82, 2.24) is 15.1 Å². The van der Waals surface area contributed by atoms with E-state index >= 15 is 0 Å². The number of furan rings is 1. The quantitative estimate of drug-likeness (QED) is 0.789. The van der Waals surface area contributed by atoms with Crippen molar-refractivity contribution in [3.05, 3.63) is 36.1 Å². The van der Waals surface area contributed by atoms with Crippen molar-refractivity contribution in [2.45, 2.75) is 44.6 Å². The molecule has 4 amide bonds. The van der Waals surface area contributed by atoms with Crippen LogP contribution < -0.4 is 5.32 Å². The van der Waals surface area contributed by atoms with Gasteiger partial charge in [0, 0.05) is 18.5 Å². The van der Waals surface area contributed by atoms with E-state index in [4.69, 9.17) is 4.42 Å². The first-order chi connectivity index (χ1) is 14.5. The Morgan fingerprint density at radius 3 is 2.73 bits per heavy atom. The first-order valence-electron chi connectivity index (χ1n) is 10.9. The molecule has 5 rings (SSSR count). The molecule has 0 spiro atoms. The van der Waals surface area contributed by atoms with E-state index in [0.29, 0.717) is 23.8 Å². The van der Waals surface area contributed by atoms with Gasteiger partial charge in [-0.25, -0.2) is 4.79 Å². The lowest BCUT2D eigenvalue weighted by molar-refractivity contribution is -0.140. The summed E-state index contributed by atoms with van der Waals surface area (Å²) in [6.45, 7) is 2.86. The minimum absolute atomic E-state index is 0.156. The zero-order valence-corrected chi connectivity index (χ0v) is 17.2. The molecule has 2 aliphatic heterocycles. The number of hydrogen-bond acceptors (Lipinski definition) is 4. The Kier molecular flexibility index (Phi) is 4.56. The van der Waals surface area contributed by atoms with Gasteiger partial charge in [-0.05, 0) is 43.7 Å². The summed E-state index contributed by atoms with van der Waals surface area (Å²) in [6.07, 6.45) is 5.97. The number of nitrogens with one attached hydrogen (secondary N) is 1. The van der Waals surface area contributed by atoms with Crippen LogP contribution >= 0.6 is 0 Å². The van der Waals surface area contributed by atoms with Crippen LogP contribution in [0.3, 0.4) is 0 Å². The predicted molar refractivity (Wildman–Crippen MR) is 110 cm³/mol. The van der Waals surface area contributed by atoms with Gasteiger partial charge in [-0.1, -0.05) is 37.5 Å². The number of fused-ring (bicyclic) bond motifs is 2. The normalized spacial score (nSPS) is 29.2. The van der Waals surface area contributed by atoms with Crippen LogP contribution in [-0.2, 0) is 15.1 Å². The highest BCUT2D eigenvalue weighted by Crippen LogP contribution is 2.36. The minimum Gasteiger partial charge on any atom is -0.458 e. The summed E-state index contributed by atoms with van der Waals surface area (Å²) in [5.74, 6) is 1.04. The summed E-state index contributed by atoms with van der Waals surface area (Å²) in [7, 11) is 0. The summed E-state index contributed by atoms with van der Waals surface area (Å²) in [4.78, 5) is 41.6. The average Bonchev–Trinajstić information content (AvgIpc) is 3.29. The van der Waals surface area contributed by atoms with Crippen LogP contribution in [0.4, 0.5) is 4.79 Å². The SMILES string of the molecule is C[C@]1(c2cc3ccccc3o2)NC(=O)N(CC(=O)N2CC[C@H]3CCCC[C@H]3C2)C1=O. The number of para-hydroxylation sites is 1. The molecule has 3 heterocycles. The Labute approximate surface area is 175 Å². The van der Waals surface area contributed by atoms with Gasteiger partial charge >= 0.3 is 6.03 Å². The molecule has 0 radical (unpaired) electrons. The van der Waals surface area contributed by atoms with Gasteiger partial charge in [0.25, 0.3) is 5.91 Å². The first-order valence-corrected chi connectivity index (χ1v) is 10.9. The maximum Gasteiger partial charge on any atom is 0.325 e. The van der Waals surface area contributed by atoms with Crippen molar-refractivity contribution >= 4 is 28.8 Å². The zero-order chi connectivity index (χ0) is 20.9. The molecule has 1 saturated carbocycles. The molecule has 2 aromatic rings. The van der Waals surface area contributed by atoms with Gasteiger partial charge in [0.05, 0.1) is 0 Å². The first kappa shape index (κ1) is 19.2. The van der Waals surface area contributed by atoms with Crippen LogP contribution in [0.5, 0.6) is 0 Å². The molecule has 3 atom stereocenters. The Morgan fingerprint density at radius 2 is 1.93 bits per heavy atom. The summed E-state index contributed by atoms with van der Waals surface area (Å²) in [5, 5.41) is 3.60. The lowest BCUT2D eigenvalue weighted by Gasteiger charge is -2.41. The average molecular weight is 409 g/mol. The second-order valence-corrected chi connectivity index (χ2v) is 9.03. The van der Waals surface area contributed by atoms with Crippen LogP contribution in [0.15, 0.2) is 34.7 Å². The topological polar surface area (TPSA) is 82.9 Å². The second-order valence-electron chi connectivity index (χ2n) is 9.03. The van der Waals surface area contributed by atoms with Crippen LogP contribution in [0.25, 0.3) is 11.0 Å². The second kappa shape index (κ2) is 7.15. The van der Waals surface area contributed by atoms with Crippen molar-refractivity contribution in [1.29, 1.82) is 0 Å². The molecule has 3 fully saturated rings. The number of carbonyl (C=O) groups excluding carboxylic acids is 3. The Bertz CT molecular complexity index is 982. The van der Waals surface area contributed by atoms with E-state index in [-0.39, 0.29) is 12.5 Å². The highest BCUT2D eigenvalue weighted by molar-refractivity contribution is 6.09. The molecule has 1 aliphatic carbocycles. The third-order valence-corrected chi connectivity index (χ3v) is 7.13. The van der Waals surface area contributed by atoms with Crippen LogP contribution in [0, 0.1) is 11.8 Å². The monoisotopic (exact) mass is 409 g/mol. The molecule has 0 bridgehead atoms. The summed E-state index contributed by atoms with van der Waals surface area (Å²) in [6, 6.07) is 8.67. The van der Waals surface area contributed by atoms with Gasteiger partial charge in [0.15, 0.2) is 5.54 Å². The lowest BCUT2D eigenvalue weighted by Crippen LogP contribution is -2.49. The van der Waals surface area contributed by atoms with E-state index in [1.807, 2.05) is 29.2 Å². The number of nitrogens with zero attached hydrogens (tertiary/aromatic N) is 2. The predicted octanol–water partition coefficient (Wildman–Crippen LogP) is 3.24. The molecule has 2 saturated heterocycles. The molecular formula is C23H27N3O4. The Morgan fingerprint density at radius 1 is 1.17 bits per heavy atom. The van der Waals surface area contributed by atoms with Crippen molar-refractivity contribution in [3.63, 3.8) is 0 Å². The van der Waals surface area contributed by atoms with Crippen molar-refractivity contribution < 1.29 is 18.8 Å². The fourth-order valence-electron chi connectivity index (χ4n) is 5.30. The maximum atomic E-state index is 13.2. The minimum atomic E-state index is -1.31. The number of amides is 4. The van der Waals surface area contributed by atoms with Crippen LogP contribution in [0.1, 0.15) is 44.8 Å². The van der Waals surface area contributed by atoms with Crippen LogP contribution in [0.2, 0.25) is 0 Å². The molecule has 0 unspecified atom stereocenters. The number of carbonyl (C=O) groups is 3. The fourth-order valence-corrected chi connectivity index (χ4v) is 5.30. The van der Waals surface area contributed by atoms with E-state index in [1.54, 1.807) is 13.0 Å². The Balaban J connectivity index is 1.31. The number of urea groups is 1. The Hall–Kier alpha value is -2.83.